The number of ether oxygens (including phenoxy) is 1. The first-order valence-electron chi connectivity index (χ1n) is 7.07. The molecule has 0 bridgehead atoms. The molecule has 0 spiro atoms. The van der Waals surface area contributed by atoms with E-state index in [-0.39, 0.29) is 23.7 Å². The molecule has 0 radical (unpaired) electrons. The van der Waals surface area contributed by atoms with Crippen LogP contribution in [-0.2, 0) is 4.74 Å². The molecule has 21 heavy (non-hydrogen) atoms. The second-order valence-electron chi connectivity index (χ2n) is 5.61. The Kier molecular flexibility index (Phi) is 3.50. The molecule has 0 amide bonds. The number of hydrogen-bond donors (Lipinski definition) is 2. The standard InChI is InChI=1S/C14H19N5O2/c1-8(2)21-6-9-3-4-10(5-9)19-7-16-11-12(19)17-14(15)18-13(11)20/h3-4,7-10H,5-6H2,1-2H3,(H3,15,17,18,20)/t9-,10?/m1/s1. The molecule has 2 aromatic heterocycles. The number of rotatable bonds is 4. The van der Waals surface area contributed by atoms with Gasteiger partial charge in [-0.1, -0.05) is 12.2 Å². The summed E-state index contributed by atoms with van der Waals surface area (Å²) >= 11 is 0. The van der Waals surface area contributed by atoms with Gasteiger partial charge < -0.3 is 15.0 Å². The number of hydrogen-bond acceptors (Lipinski definition) is 5. The predicted octanol–water partition coefficient (Wildman–Crippen LogP) is 1.24. The summed E-state index contributed by atoms with van der Waals surface area (Å²) in [5.41, 5.74) is 6.15. The fourth-order valence-electron chi connectivity index (χ4n) is 2.58. The van der Waals surface area contributed by atoms with Crippen molar-refractivity contribution in [3.05, 3.63) is 28.8 Å². The highest BCUT2D eigenvalue weighted by Crippen LogP contribution is 2.29. The minimum Gasteiger partial charge on any atom is -0.378 e. The quantitative estimate of drug-likeness (QED) is 0.825. The average molecular weight is 289 g/mol. The van der Waals surface area contributed by atoms with E-state index in [1.54, 1.807) is 6.33 Å². The number of imidazole rings is 1. The van der Waals surface area contributed by atoms with Gasteiger partial charge in [0.25, 0.3) is 5.56 Å². The lowest BCUT2D eigenvalue weighted by molar-refractivity contribution is 0.0598. The van der Waals surface area contributed by atoms with Gasteiger partial charge in [0.05, 0.1) is 25.1 Å². The largest absolute Gasteiger partial charge is 0.378 e. The summed E-state index contributed by atoms with van der Waals surface area (Å²) in [6.07, 6.45) is 7.04. The maximum absolute atomic E-state index is 11.8. The summed E-state index contributed by atoms with van der Waals surface area (Å²) in [7, 11) is 0. The Morgan fingerprint density at radius 2 is 2.33 bits per heavy atom. The minimum absolute atomic E-state index is 0.107. The minimum atomic E-state index is -0.307. The number of aromatic amines is 1. The van der Waals surface area contributed by atoms with Crippen molar-refractivity contribution in [1.29, 1.82) is 0 Å². The first-order valence-corrected chi connectivity index (χ1v) is 7.07. The zero-order chi connectivity index (χ0) is 15.0. The fourth-order valence-corrected chi connectivity index (χ4v) is 2.58. The molecule has 1 unspecified atom stereocenters. The van der Waals surface area contributed by atoms with Gasteiger partial charge >= 0.3 is 0 Å². The Morgan fingerprint density at radius 3 is 3.10 bits per heavy atom. The van der Waals surface area contributed by atoms with Crippen LogP contribution in [0.25, 0.3) is 11.2 Å². The van der Waals surface area contributed by atoms with E-state index in [1.165, 1.54) is 0 Å². The number of nitrogens with two attached hydrogens (primary N) is 1. The van der Waals surface area contributed by atoms with E-state index in [4.69, 9.17) is 10.5 Å². The monoisotopic (exact) mass is 289 g/mol. The van der Waals surface area contributed by atoms with Crippen LogP contribution in [0.3, 0.4) is 0 Å². The number of nitrogens with zero attached hydrogens (tertiary/aromatic N) is 3. The maximum Gasteiger partial charge on any atom is 0.280 e. The number of allylic oxidation sites excluding steroid dienone is 1. The van der Waals surface area contributed by atoms with E-state index in [0.717, 1.165) is 6.42 Å². The lowest BCUT2D eigenvalue weighted by Crippen LogP contribution is -2.15. The summed E-state index contributed by atoms with van der Waals surface area (Å²) in [4.78, 5) is 22.6. The summed E-state index contributed by atoms with van der Waals surface area (Å²) in [6, 6.07) is 0.129. The second-order valence-corrected chi connectivity index (χ2v) is 5.61. The Morgan fingerprint density at radius 1 is 1.52 bits per heavy atom. The van der Waals surface area contributed by atoms with Crippen LogP contribution >= 0.6 is 0 Å². The molecular formula is C14H19N5O2. The van der Waals surface area contributed by atoms with Gasteiger partial charge in [-0.05, 0) is 20.3 Å². The lowest BCUT2D eigenvalue weighted by atomic mass is 10.1. The zero-order valence-corrected chi connectivity index (χ0v) is 12.1. The molecule has 3 rings (SSSR count). The molecule has 0 fully saturated rings. The first-order chi connectivity index (χ1) is 10.0. The van der Waals surface area contributed by atoms with Gasteiger partial charge in [-0.2, -0.15) is 4.98 Å². The van der Waals surface area contributed by atoms with Crippen LogP contribution in [0.5, 0.6) is 0 Å². The Balaban J connectivity index is 1.83. The van der Waals surface area contributed by atoms with Crippen molar-refractivity contribution in [1.82, 2.24) is 19.5 Å². The van der Waals surface area contributed by atoms with Crippen molar-refractivity contribution in [3.8, 4) is 0 Å². The smallest absolute Gasteiger partial charge is 0.280 e. The summed E-state index contributed by atoms with van der Waals surface area (Å²) < 4.78 is 7.55. The van der Waals surface area contributed by atoms with Crippen molar-refractivity contribution < 1.29 is 4.74 Å². The third-order valence-electron chi connectivity index (χ3n) is 3.60. The van der Waals surface area contributed by atoms with E-state index in [2.05, 4.69) is 27.1 Å². The van der Waals surface area contributed by atoms with Crippen LogP contribution in [-0.4, -0.2) is 32.2 Å². The number of nitrogens with one attached hydrogen (secondary N) is 1. The average Bonchev–Trinajstić information content (AvgIpc) is 3.02. The molecule has 0 saturated carbocycles. The predicted molar refractivity (Wildman–Crippen MR) is 79.9 cm³/mol. The highest BCUT2D eigenvalue weighted by atomic mass is 16.5. The van der Waals surface area contributed by atoms with E-state index in [0.29, 0.717) is 23.7 Å². The van der Waals surface area contributed by atoms with Crippen LogP contribution in [0, 0.1) is 5.92 Å². The number of aromatic nitrogens is 4. The molecule has 1 aliphatic rings. The highest BCUT2D eigenvalue weighted by molar-refractivity contribution is 5.70. The number of fused-ring (bicyclic) bond motifs is 1. The van der Waals surface area contributed by atoms with E-state index in [9.17, 15) is 4.79 Å². The molecule has 0 aliphatic heterocycles. The van der Waals surface area contributed by atoms with Crippen molar-refractivity contribution in [2.45, 2.75) is 32.4 Å². The molecule has 3 N–H and O–H groups in total. The summed E-state index contributed by atoms with van der Waals surface area (Å²) in [5.74, 6) is 0.477. The summed E-state index contributed by atoms with van der Waals surface area (Å²) in [6.45, 7) is 4.75. The van der Waals surface area contributed by atoms with Gasteiger partial charge in [0.1, 0.15) is 0 Å². The van der Waals surface area contributed by atoms with Crippen molar-refractivity contribution in [2.24, 2.45) is 5.92 Å². The van der Waals surface area contributed by atoms with Gasteiger partial charge in [0.2, 0.25) is 5.95 Å². The van der Waals surface area contributed by atoms with Crippen LogP contribution in [0.1, 0.15) is 26.3 Å². The van der Waals surface area contributed by atoms with Gasteiger partial charge in [-0.25, -0.2) is 4.98 Å². The zero-order valence-electron chi connectivity index (χ0n) is 12.1. The third-order valence-corrected chi connectivity index (χ3v) is 3.60. The molecule has 1 aliphatic carbocycles. The highest BCUT2D eigenvalue weighted by Gasteiger charge is 2.23. The molecule has 0 aromatic carbocycles. The summed E-state index contributed by atoms with van der Waals surface area (Å²) in [5, 5.41) is 0. The van der Waals surface area contributed by atoms with Gasteiger partial charge in [0.15, 0.2) is 11.2 Å². The Labute approximate surface area is 121 Å². The number of nitrogen functional groups attached to an aromatic ring is 1. The van der Waals surface area contributed by atoms with Gasteiger partial charge in [0, 0.05) is 5.92 Å². The fraction of sp³-hybridized carbons (Fsp3) is 0.500. The normalized spacial score (nSPS) is 21.7. The third kappa shape index (κ3) is 2.69. The van der Waals surface area contributed by atoms with Crippen molar-refractivity contribution >= 4 is 17.1 Å². The molecule has 2 heterocycles. The van der Waals surface area contributed by atoms with E-state index < -0.39 is 0 Å². The van der Waals surface area contributed by atoms with Crippen molar-refractivity contribution in [3.63, 3.8) is 0 Å². The Bertz CT molecular complexity index is 731. The molecule has 0 saturated heterocycles. The SMILES string of the molecule is CC(C)OC[C@@H]1C=CC(n2cnc3c(=O)[nH]c(N)nc32)C1. The van der Waals surface area contributed by atoms with Crippen molar-refractivity contribution in [2.75, 3.05) is 12.3 Å². The molecule has 2 atom stereocenters. The van der Waals surface area contributed by atoms with Crippen LogP contribution in [0.15, 0.2) is 23.3 Å². The molecule has 2 aromatic rings. The Hall–Kier alpha value is -2.15. The molecular weight excluding hydrogens is 270 g/mol. The second kappa shape index (κ2) is 5.33. The van der Waals surface area contributed by atoms with Gasteiger partial charge in [-0.15, -0.1) is 0 Å². The van der Waals surface area contributed by atoms with E-state index >= 15 is 0 Å². The molecule has 112 valence electrons. The number of anilines is 1. The first kappa shape index (κ1) is 13.8. The molecule has 7 nitrogen and oxygen atoms in total. The van der Waals surface area contributed by atoms with Crippen LogP contribution in [0.4, 0.5) is 5.95 Å². The maximum atomic E-state index is 11.8. The van der Waals surface area contributed by atoms with Gasteiger partial charge in [-0.3, -0.25) is 9.78 Å². The molecule has 7 heteroatoms. The topological polar surface area (TPSA) is 98.8 Å². The van der Waals surface area contributed by atoms with Crippen LogP contribution in [0.2, 0.25) is 0 Å². The van der Waals surface area contributed by atoms with Crippen LogP contribution < -0.4 is 11.3 Å². The van der Waals surface area contributed by atoms with E-state index in [1.807, 2.05) is 18.4 Å². The lowest BCUT2D eigenvalue weighted by Gasteiger charge is -2.15. The number of H-pyrrole nitrogens is 1.